The Morgan fingerprint density at radius 3 is 2.83 bits per heavy atom. The average Bonchev–Trinajstić information content (AvgIpc) is 2.39. The lowest BCUT2D eigenvalue weighted by Gasteiger charge is -2.29. The average molecular weight is 246 g/mol. The van der Waals surface area contributed by atoms with Crippen molar-refractivity contribution in [3.8, 4) is 0 Å². The van der Waals surface area contributed by atoms with Gasteiger partial charge in [-0.05, 0) is 55.3 Å². The molecule has 0 saturated carbocycles. The fraction of sp³-hybridized carbons (Fsp3) is 0.625. The number of hydrogen-bond acceptors (Lipinski definition) is 2. The van der Waals surface area contributed by atoms with Crippen LogP contribution in [0.4, 0.5) is 0 Å². The first-order valence-corrected chi connectivity index (χ1v) is 7.23. The molecular formula is C16H26N2. The molecule has 0 heterocycles. The van der Waals surface area contributed by atoms with Crippen molar-refractivity contribution in [1.82, 2.24) is 5.32 Å². The first-order chi connectivity index (χ1) is 8.72. The zero-order valence-electron chi connectivity index (χ0n) is 11.7. The summed E-state index contributed by atoms with van der Waals surface area (Å²) in [4.78, 5) is 0. The smallest absolute Gasteiger partial charge is 0.0323 e. The summed E-state index contributed by atoms with van der Waals surface area (Å²) in [6, 6.07) is 9.38. The first kappa shape index (κ1) is 13.6. The van der Waals surface area contributed by atoms with Crippen LogP contribution in [-0.2, 0) is 6.42 Å². The highest BCUT2D eigenvalue weighted by Gasteiger charge is 2.20. The van der Waals surface area contributed by atoms with Gasteiger partial charge in [-0.1, -0.05) is 38.1 Å². The number of nitrogens with two attached hydrogens (primary N) is 1. The summed E-state index contributed by atoms with van der Waals surface area (Å²) >= 11 is 0. The van der Waals surface area contributed by atoms with E-state index in [9.17, 15) is 0 Å². The Hall–Kier alpha value is -0.860. The van der Waals surface area contributed by atoms with Crippen LogP contribution in [0.5, 0.6) is 0 Å². The van der Waals surface area contributed by atoms with Gasteiger partial charge in [0.1, 0.15) is 0 Å². The highest BCUT2D eigenvalue weighted by atomic mass is 14.9. The van der Waals surface area contributed by atoms with Gasteiger partial charge in [0.15, 0.2) is 0 Å². The molecule has 2 nitrogen and oxygen atoms in total. The molecule has 0 saturated heterocycles. The van der Waals surface area contributed by atoms with E-state index in [1.165, 1.54) is 30.4 Å². The topological polar surface area (TPSA) is 38.0 Å². The molecule has 2 unspecified atom stereocenters. The standard InChI is InChI=1S/C16H26N2/c1-12(2)14(10-17)11-18-16-9-5-7-13-6-3-4-8-15(13)16/h3-4,6,8,12,14,16,18H,5,7,9-11,17H2,1-2H3. The molecule has 0 fully saturated rings. The highest BCUT2D eigenvalue weighted by Crippen LogP contribution is 2.29. The Morgan fingerprint density at radius 1 is 1.33 bits per heavy atom. The molecule has 18 heavy (non-hydrogen) atoms. The third kappa shape index (κ3) is 3.12. The maximum absolute atomic E-state index is 5.84. The van der Waals surface area contributed by atoms with E-state index in [-0.39, 0.29) is 0 Å². The van der Waals surface area contributed by atoms with E-state index in [1.54, 1.807) is 0 Å². The Bertz CT molecular complexity index is 373. The minimum atomic E-state index is 0.530. The monoisotopic (exact) mass is 246 g/mol. The zero-order valence-corrected chi connectivity index (χ0v) is 11.7. The van der Waals surface area contributed by atoms with Crippen LogP contribution in [0.2, 0.25) is 0 Å². The van der Waals surface area contributed by atoms with E-state index < -0.39 is 0 Å². The molecule has 1 aliphatic carbocycles. The summed E-state index contributed by atoms with van der Waals surface area (Å²) in [5, 5.41) is 3.73. The van der Waals surface area contributed by atoms with Crippen molar-refractivity contribution in [2.24, 2.45) is 17.6 Å². The lowest BCUT2D eigenvalue weighted by Crippen LogP contribution is -2.35. The molecule has 0 bridgehead atoms. The van der Waals surface area contributed by atoms with Crippen molar-refractivity contribution in [1.29, 1.82) is 0 Å². The molecule has 1 aromatic rings. The molecule has 0 aliphatic heterocycles. The zero-order chi connectivity index (χ0) is 13.0. The van der Waals surface area contributed by atoms with Crippen LogP contribution in [0.3, 0.4) is 0 Å². The van der Waals surface area contributed by atoms with Crippen molar-refractivity contribution in [2.45, 2.75) is 39.2 Å². The summed E-state index contributed by atoms with van der Waals surface area (Å²) < 4.78 is 0. The number of hydrogen-bond donors (Lipinski definition) is 2. The molecule has 100 valence electrons. The Labute approximate surface area is 111 Å². The lowest BCUT2D eigenvalue weighted by molar-refractivity contribution is 0.338. The van der Waals surface area contributed by atoms with Crippen LogP contribution in [0.15, 0.2) is 24.3 Å². The van der Waals surface area contributed by atoms with Gasteiger partial charge in [0, 0.05) is 6.04 Å². The van der Waals surface area contributed by atoms with E-state index in [2.05, 4.69) is 43.4 Å². The summed E-state index contributed by atoms with van der Waals surface area (Å²) in [7, 11) is 0. The third-order valence-electron chi connectivity index (χ3n) is 4.24. The normalized spacial score (nSPS) is 20.8. The Morgan fingerprint density at radius 2 is 2.11 bits per heavy atom. The minimum Gasteiger partial charge on any atom is -0.330 e. The van der Waals surface area contributed by atoms with Crippen molar-refractivity contribution in [3.63, 3.8) is 0 Å². The van der Waals surface area contributed by atoms with Crippen molar-refractivity contribution in [3.05, 3.63) is 35.4 Å². The van der Waals surface area contributed by atoms with Gasteiger partial charge >= 0.3 is 0 Å². The first-order valence-electron chi connectivity index (χ1n) is 7.23. The van der Waals surface area contributed by atoms with Gasteiger partial charge in [-0.3, -0.25) is 0 Å². The molecule has 2 heteroatoms. The maximum Gasteiger partial charge on any atom is 0.0323 e. The van der Waals surface area contributed by atoms with Crippen molar-refractivity contribution < 1.29 is 0 Å². The van der Waals surface area contributed by atoms with E-state index in [0.717, 1.165) is 13.1 Å². The minimum absolute atomic E-state index is 0.530. The molecule has 2 atom stereocenters. The van der Waals surface area contributed by atoms with Gasteiger partial charge < -0.3 is 11.1 Å². The third-order valence-corrected chi connectivity index (χ3v) is 4.24. The Kier molecular flexibility index (Phi) is 4.79. The summed E-state index contributed by atoms with van der Waals surface area (Å²) in [5.41, 5.74) is 8.87. The van der Waals surface area contributed by atoms with E-state index in [4.69, 9.17) is 5.73 Å². The van der Waals surface area contributed by atoms with E-state index >= 15 is 0 Å². The van der Waals surface area contributed by atoms with E-state index in [1.807, 2.05) is 0 Å². The maximum atomic E-state index is 5.84. The molecule has 0 aromatic heterocycles. The van der Waals surface area contributed by atoms with Crippen LogP contribution < -0.4 is 11.1 Å². The van der Waals surface area contributed by atoms with Gasteiger partial charge in [-0.15, -0.1) is 0 Å². The van der Waals surface area contributed by atoms with Crippen LogP contribution >= 0.6 is 0 Å². The number of nitrogens with one attached hydrogen (secondary N) is 1. The summed E-state index contributed by atoms with van der Waals surface area (Å²) in [6.07, 6.45) is 3.79. The SMILES string of the molecule is CC(C)C(CN)CNC1CCCc2ccccc21. The molecule has 1 aromatic carbocycles. The number of aryl methyl sites for hydroxylation is 1. The van der Waals surface area contributed by atoms with Gasteiger partial charge in [0.25, 0.3) is 0 Å². The second kappa shape index (κ2) is 6.35. The molecule has 1 aliphatic rings. The van der Waals surface area contributed by atoms with E-state index in [0.29, 0.717) is 17.9 Å². The summed E-state index contributed by atoms with van der Waals surface area (Å²) in [6.45, 7) is 6.33. The van der Waals surface area contributed by atoms with Crippen LogP contribution in [0, 0.1) is 11.8 Å². The Balaban J connectivity index is 1.99. The van der Waals surface area contributed by atoms with Gasteiger partial charge in [-0.25, -0.2) is 0 Å². The molecule has 0 radical (unpaired) electrons. The van der Waals surface area contributed by atoms with Gasteiger partial charge in [0.05, 0.1) is 0 Å². The molecule has 2 rings (SSSR count). The fourth-order valence-electron chi connectivity index (χ4n) is 2.85. The quantitative estimate of drug-likeness (QED) is 0.838. The number of fused-ring (bicyclic) bond motifs is 1. The van der Waals surface area contributed by atoms with Crippen LogP contribution in [0.1, 0.15) is 43.9 Å². The molecule has 0 amide bonds. The van der Waals surface area contributed by atoms with Crippen LogP contribution in [0.25, 0.3) is 0 Å². The second-order valence-electron chi connectivity index (χ2n) is 5.79. The number of rotatable bonds is 5. The van der Waals surface area contributed by atoms with Crippen LogP contribution in [-0.4, -0.2) is 13.1 Å². The molecular weight excluding hydrogens is 220 g/mol. The summed E-state index contributed by atoms with van der Waals surface area (Å²) in [5.74, 6) is 1.24. The highest BCUT2D eigenvalue weighted by molar-refractivity contribution is 5.32. The van der Waals surface area contributed by atoms with Crippen molar-refractivity contribution >= 4 is 0 Å². The second-order valence-corrected chi connectivity index (χ2v) is 5.79. The lowest BCUT2D eigenvalue weighted by atomic mass is 9.87. The molecule has 0 spiro atoms. The number of benzene rings is 1. The molecule has 3 N–H and O–H groups in total. The van der Waals surface area contributed by atoms with Gasteiger partial charge in [-0.2, -0.15) is 0 Å². The van der Waals surface area contributed by atoms with Gasteiger partial charge in [0.2, 0.25) is 0 Å². The predicted molar refractivity (Wildman–Crippen MR) is 77.5 cm³/mol. The largest absolute Gasteiger partial charge is 0.330 e. The predicted octanol–water partition coefficient (Wildman–Crippen LogP) is 2.88. The van der Waals surface area contributed by atoms with Crippen molar-refractivity contribution in [2.75, 3.05) is 13.1 Å². The fourth-order valence-corrected chi connectivity index (χ4v) is 2.85.